The Kier molecular flexibility index (Phi) is 3.13. The molecule has 3 heteroatoms. The molecule has 86 valence electrons. The molecule has 1 N–H and O–H groups in total. The third kappa shape index (κ3) is 2.18. The molecule has 1 aromatic rings. The summed E-state index contributed by atoms with van der Waals surface area (Å²) in [6, 6.07) is 7.26. The number of benzene rings is 1. The summed E-state index contributed by atoms with van der Waals surface area (Å²) in [6.07, 6.45) is 2.29. The zero-order valence-corrected chi connectivity index (χ0v) is 9.52. The Balaban J connectivity index is 2.23. The SMILES string of the molecule is CC1CCN(c2ccccc2C(=O)O)CC1. The molecule has 0 saturated carbocycles. The Hall–Kier alpha value is -1.51. The van der Waals surface area contributed by atoms with Crippen LogP contribution in [0.2, 0.25) is 0 Å². The molecule has 0 spiro atoms. The Morgan fingerprint density at radius 3 is 2.56 bits per heavy atom. The Bertz CT molecular complexity index is 381. The van der Waals surface area contributed by atoms with Gasteiger partial charge < -0.3 is 10.0 Å². The second kappa shape index (κ2) is 4.56. The average molecular weight is 219 g/mol. The fourth-order valence-electron chi connectivity index (χ4n) is 2.18. The molecule has 1 heterocycles. The van der Waals surface area contributed by atoms with Crippen LogP contribution in [0.5, 0.6) is 0 Å². The molecule has 1 saturated heterocycles. The lowest BCUT2D eigenvalue weighted by molar-refractivity contribution is 0.0697. The molecule has 0 atom stereocenters. The molecule has 0 aliphatic carbocycles. The van der Waals surface area contributed by atoms with Crippen LogP contribution in [0.4, 0.5) is 5.69 Å². The van der Waals surface area contributed by atoms with Crippen molar-refractivity contribution in [2.75, 3.05) is 18.0 Å². The molecule has 2 rings (SSSR count). The first-order valence-corrected chi connectivity index (χ1v) is 5.75. The van der Waals surface area contributed by atoms with Crippen molar-refractivity contribution in [3.05, 3.63) is 29.8 Å². The third-order valence-electron chi connectivity index (χ3n) is 3.26. The summed E-state index contributed by atoms with van der Waals surface area (Å²) >= 11 is 0. The van der Waals surface area contributed by atoms with E-state index in [0.29, 0.717) is 5.56 Å². The molecule has 0 bridgehead atoms. The zero-order chi connectivity index (χ0) is 11.5. The lowest BCUT2D eigenvalue weighted by Crippen LogP contribution is -2.33. The molecule has 1 aliphatic heterocycles. The average Bonchev–Trinajstić information content (AvgIpc) is 2.30. The Morgan fingerprint density at radius 2 is 1.94 bits per heavy atom. The van der Waals surface area contributed by atoms with Crippen molar-refractivity contribution >= 4 is 11.7 Å². The first kappa shape index (κ1) is 11.0. The van der Waals surface area contributed by atoms with Gasteiger partial charge in [-0.05, 0) is 30.9 Å². The largest absolute Gasteiger partial charge is 0.478 e. The van der Waals surface area contributed by atoms with Gasteiger partial charge in [0.1, 0.15) is 0 Å². The number of carboxylic acid groups (broad SMARTS) is 1. The first-order chi connectivity index (χ1) is 7.68. The van der Waals surface area contributed by atoms with Crippen molar-refractivity contribution in [2.24, 2.45) is 5.92 Å². The van der Waals surface area contributed by atoms with Crippen molar-refractivity contribution in [1.82, 2.24) is 0 Å². The number of para-hydroxylation sites is 1. The minimum Gasteiger partial charge on any atom is -0.478 e. The number of carboxylic acids is 1. The maximum Gasteiger partial charge on any atom is 0.337 e. The molecule has 16 heavy (non-hydrogen) atoms. The van der Waals surface area contributed by atoms with Crippen LogP contribution in [0.25, 0.3) is 0 Å². The van der Waals surface area contributed by atoms with Crippen molar-refractivity contribution in [3.8, 4) is 0 Å². The van der Waals surface area contributed by atoms with E-state index in [2.05, 4.69) is 11.8 Å². The van der Waals surface area contributed by atoms with Crippen LogP contribution in [0.1, 0.15) is 30.1 Å². The van der Waals surface area contributed by atoms with Crippen LogP contribution in [-0.4, -0.2) is 24.2 Å². The van der Waals surface area contributed by atoms with Gasteiger partial charge in [0.05, 0.1) is 11.3 Å². The fourth-order valence-corrected chi connectivity index (χ4v) is 2.18. The molecule has 0 unspecified atom stereocenters. The topological polar surface area (TPSA) is 40.5 Å². The standard InChI is InChI=1S/C13H17NO2/c1-10-6-8-14(9-7-10)12-5-3-2-4-11(12)13(15)16/h2-5,10H,6-9H2,1H3,(H,15,16). The van der Waals surface area contributed by atoms with Gasteiger partial charge >= 0.3 is 5.97 Å². The molecule has 0 amide bonds. The van der Waals surface area contributed by atoms with Gasteiger partial charge in [0.25, 0.3) is 0 Å². The number of nitrogens with zero attached hydrogens (tertiary/aromatic N) is 1. The van der Waals surface area contributed by atoms with Crippen LogP contribution in [0.15, 0.2) is 24.3 Å². The summed E-state index contributed by atoms with van der Waals surface area (Å²) in [6.45, 7) is 4.18. The number of rotatable bonds is 2. The van der Waals surface area contributed by atoms with Crippen LogP contribution in [0, 0.1) is 5.92 Å². The first-order valence-electron chi connectivity index (χ1n) is 5.75. The lowest BCUT2D eigenvalue weighted by Gasteiger charge is -2.32. The molecule has 1 aromatic carbocycles. The van der Waals surface area contributed by atoms with Crippen LogP contribution in [-0.2, 0) is 0 Å². The van der Waals surface area contributed by atoms with E-state index in [0.717, 1.165) is 37.5 Å². The Labute approximate surface area is 95.7 Å². The molecule has 1 fully saturated rings. The maximum atomic E-state index is 11.1. The van der Waals surface area contributed by atoms with E-state index in [-0.39, 0.29) is 0 Å². The summed E-state index contributed by atoms with van der Waals surface area (Å²) in [5.41, 5.74) is 1.28. The second-order valence-corrected chi connectivity index (χ2v) is 4.49. The highest BCUT2D eigenvalue weighted by molar-refractivity contribution is 5.94. The summed E-state index contributed by atoms with van der Waals surface area (Å²) in [5, 5.41) is 9.12. The molecule has 1 aliphatic rings. The van der Waals surface area contributed by atoms with E-state index >= 15 is 0 Å². The van der Waals surface area contributed by atoms with E-state index in [4.69, 9.17) is 5.11 Å². The predicted octanol–water partition coefficient (Wildman–Crippen LogP) is 2.62. The summed E-state index contributed by atoms with van der Waals surface area (Å²) in [4.78, 5) is 13.3. The number of piperidine rings is 1. The smallest absolute Gasteiger partial charge is 0.337 e. The van der Waals surface area contributed by atoms with Gasteiger partial charge in [-0.15, -0.1) is 0 Å². The molecule has 0 aromatic heterocycles. The van der Waals surface area contributed by atoms with E-state index in [9.17, 15) is 4.79 Å². The number of carbonyl (C=O) groups is 1. The second-order valence-electron chi connectivity index (χ2n) is 4.49. The lowest BCUT2D eigenvalue weighted by atomic mass is 9.98. The van der Waals surface area contributed by atoms with Crippen molar-refractivity contribution < 1.29 is 9.90 Å². The van der Waals surface area contributed by atoms with Gasteiger partial charge in [-0.1, -0.05) is 19.1 Å². The van der Waals surface area contributed by atoms with Crippen LogP contribution < -0.4 is 4.90 Å². The Morgan fingerprint density at radius 1 is 1.31 bits per heavy atom. The number of hydrogen-bond acceptors (Lipinski definition) is 2. The highest BCUT2D eigenvalue weighted by atomic mass is 16.4. The van der Waals surface area contributed by atoms with Crippen LogP contribution in [0.3, 0.4) is 0 Å². The van der Waals surface area contributed by atoms with Crippen molar-refractivity contribution in [2.45, 2.75) is 19.8 Å². The zero-order valence-electron chi connectivity index (χ0n) is 9.52. The summed E-state index contributed by atoms with van der Waals surface area (Å²) in [7, 11) is 0. The summed E-state index contributed by atoms with van der Waals surface area (Å²) in [5.74, 6) is -0.0811. The van der Waals surface area contributed by atoms with E-state index < -0.39 is 5.97 Å². The van der Waals surface area contributed by atoms with Gasteiger partial charge in [-0.2, -0.15) is 0 Å². The summed E-state index contributed by atoms with van der Waals surface area (Å²) < 4.78 is 0. The number of aromatic carboxylic acids is 1. The van der Waals surface area contributed by atoms with Gasteiger partial charge in [-0.3, -0.25) is 0 Å². The van der Waals surface area contributed by atoms with Gasteiger partial charge in [0.2, 0.25) is 0 Å². The fraction of sp³-hybridized carbons (Fsp3) is 0.462. The third-order valence-corrected chi connectivity index (χ3v) is 3.26. The highest BCUT2D eigenvalue weighted by Gasteiger charge is 2.19. The molecular formula is C13H17NO2. The maximum absolute atomic E-state index is 11.1. The normalized spacial score (nSPS) is 17.4. The van der Waals surface area contributed by atoms with Crippen LogP contribution >= 0.6 is 0 Å². The van der Waals surface area contributed by atoms with E-state index in [1.165, 1.54) is 0 Å². The van der Waals surface area contributed by atoms with Gasteiger partial charge in [-0.25, -0.2) is 4.79 Å². The van der Waals surface area contributed by atoms with E-state index in [1.54, 1.807) is 12.1 Å². The number of hydrogen-bond donors (Lipinski definition) is 1. The highest BCUT2D eigenvalue weighted by Crippen LogP contribution is 2.25. The predicted molar refractivity (Wildman–Crippen MR) is 64.0 cm³/mol. The monoisotopic (exact) mass is 219 g/mol. The quantitative estimate of drug-likeness (QED) is 0.831. The van der Waals surface area contributed by atoms with E-state index in [1.807, 2.05) is 12.1 Å². The van der Waals surface area contributed by atoms with Crippen molar-refractivity contribution in [3.63, 3.8) is 0 Å². The minimum absolute atomic E-state index is 0.414. The molecular weight excluding hydrogens is 202 g/mol. The van der Waals surface area contributed by atoms with Crippen molar-refractivity contribution in [1.29, 1.82) is 0 Å². The molecule has 3 nitrogen and oxygen atoms in total. The molecule has 0 radical (unpaired) electrons. The minimum atomic E-state index is -0.839. The van der Waals surface area contributed by atoms with Gasteiger partial charge in [0.15, 0.2) is 0 Å². The van der Waals surface area contributed by atoms with Gasteiger partial charge in [0, 0.05) is 13.1 Å². The number of anilines is 1.